The highest BCUT2D eigenvalue weighted by Crippen LogP contribution is 2.30. The highest BCUT2D eigenvalue weighted by molar-refractivity contribution is 5.85. The van der Waals surface area contributed by atoms with Crippen LogP contribution in [0.25, 0.3) is 22.3 Å². The molecule has 0 aliphatic rings. The fourth-order valence-corrected chi connectivity index (χ4v) is 2.68. The number of benzene rings is 3. The first-order chi connectivity index (χ1) is 12.2. The molecule has 0 bridgehead atoms. The average Bonchev–Trinajstić information content (AvgIpc) is 2.62. The molecule has 0 atom stereocenters. The van der Waals surface area contributed by atoms with Crippen molar-refractivity contribution < 1.29 is 4.74 Å². The number of nitrogens with zero attached hydrogens (tertiary/aromatic N) is 2. The summed E-state index contributed by atoms with van der Waals surface area (Å²) in [7, 11) is 0. The maximum atomic E-state index is 6.08. The summed E-state index contributed by atoms with van der Waals surface area (Å²) in [5.41, 5.74) is 9.36. The maximum absolute atomic E-state index is 6.08. The number of ether oxygens (including phenoxy) is 1. The lowest BCUT2D eigenvalue weighted by atomic mass is 10.1. The number of para-hydroxylation sites is 1. The zero-order valence-electron chi connectivity index (χ0n) is 13.8. The van der Waals surface area contributed by atoms with Crippen molar-refractivity contribution in [2.45, 2.75) is 6.92 Å². The van der Waals surface area contributed by atoms with E-state index in [0.29, 0.717) is 17.4 Å². The average molecular weight is 327 g/mol. The van der Waals surface area contributed by atoms with Crippen molar-refractivity contribution in [2.75, 3.05) is 5.73 Å². The molecule has 3 aromatic carbocycles. The summed E-state index contributed by atoms with van der Waals surface area (Å²) in [5.74, 6) is 1.91. The molecule has 4 rings (SSSR count). The van der Waals surface area contributed by atoms with Crippen LogP contribution in [-0.2, 0) is 0 Å². The van der Waals surface area contributed by atoms with Crippen LogP contribution in [0.15, 0.2) is 72.8 Å². The number of hydrogen-bond donors (Lipinski definition) is 1. The maximum Gasteiger partial charge on any atom is 0.230 e. The number of nitrogens with two attached hydrogens (primary N) is 1. The van der Waals surface area contributed by atoms with Gasteiger partial charge in [0, 0.05) is 11.3 Å². The van der Waals surface area contributed by atoms with Crippen LogP contribution >= 0.6 is 0 Å². The zero-order chi connectivity index (χ0) is 17.2. The molecule has 1 heterocycles. The molecule has 0 unspecified atom stereocenters. The van der Waals surface area contributed by atoms with E-state index in [9.17, 15) is 0 Å². The molecular formula is C21H17N3O. The van der Waals surface area contributed by atoms with Gasteiger partial charge in [-0.15, -0.1) is 0 Å². The Balaban J connectivity index is 1.85. The minimum absolute atomic E-state index is 0.544. The second-order valence-electron chi connectivity index (χ2n) is 5.91. The van der Waals surface area contributed by atoms with E-state index in [2.05, 4.69) is 9.97 Å². The van der Waals surface area contributed by atoms with Gasteiger partial charge in [0.2, 0.25) is 5.88 Å². The lowest BCUT2D eigenvalue weighted by molar-refractivity contribution is 0.468. The molecule has 0 aliphatic carbocycles. The summed E-state index contributed by atoms with van der Waals surface area (Å²) < 4.78 is 6.08. The van der Waals surface area contributed by atoms with Crippen molar-refractivity contribution in [1.82, 2.24) is 9.97 Å². The summed E-state index contributed by atoms with van der Waals surface area (Å²) in [5, 5.41) is 0.878. The fourth-order valence-electron chi connectivity index (χ4n) is 2.68. The Kier molecular flexibility index (Phi) is 3.78. The first-order valence-electron chi connectivity index (χ1n) is 8.06. The third-order valence-electron chi connectivity index (χ3n) is 3.94. The second-order valence-corrected chi connectivity index (χ2v) is 5.91. The van der Waals surface area contributed by atoms with Gasteiger partial charge in [-0.05, 0) is 61.0 Å². The highest BCUT2D eigenvalue weighted by atomic mass is 16.5. The van der Waals surface area contributed by atoms with E-state index in [1.807, 2.05) is 79.7 Å². The number of nitrogen functional groups attached to an aromatic ring is 1. The standard InChI is InChI=1S/C21H17N3O/c1-14-5-4-6-17(13-14)25-21-18-7-2-3-8-19(18)23-20(24-21)15-9-11-16(22)12-10-15/h2-13H,22H2,1H3. The predicted octanol–water partition coefficient (Wildman–Crippen LogP) is 4.98. The van der Waals surface area contributed by atoms with Crippen LogP contribution in [0.2, 0.25) is 0 Å². The molecule has 0 fully saturated rings. The molecule has 1 aromatic heterocycles. The molecule has 0 saturated carbocycles. The molecule has 4 aromatic rings. The van der Waals surface area contributed by atoms with Gasteiger partial charge in [-0.1, -0.05) is 24.3 Å². The van der Waals surface area contributed by atoms with E-state index >= 15 is 0 Å². The monoisotopic (exact) mass is 327 g/mol. The van der Waals surface area contributed by atoms with E-state index in [-0.39, 0.29) is 0 Å². The van der Waals surface area contributed by atoms with Crippen molar-refractivity contribution in [3.8, 4) is 23.0 Å². The molecule has 4 heteroatoms. The van der Waals surface area contributed by atoms with Crippen LogP contribution in [0.4, 0.5) is 5.69 Å². The lowest BCUT2D eigenvalue weighted by Crippen LogP contribution is -1.96. The summed E-state index contributed by atoms with van der Waals surface area (Å²) in [6, 6.07) is 23.3. The molecule has 4 nitrogen and oxygen atoms in total. The Morgan fingerprint density at radius 3 is 2.44 bits per heavy atom. The minimum Gasteiger partial charge on any atom is -0.438 e. The van der Waals surface area contributed by atoms with Crippen molar-refractivity contribution in [1.29, 1.82) is 0 Å². The van der Waals surface area contributed by atoms with Crippen molar-refractivity contribution in [2.24, 2.45) is 0 Å². The van der Waals surface area contributed by atoms with Gasteiger partial charge in [-0.3, -0.25) is 0 Å². The summed E-state index contributed by atoms with van der Waals surface area (Å²) in [6.45, 7) is 2.03. The van der Waals surface area contributed by atoms with Gasteiger partial charge in [0.05, 0.1) is 10.9 Å². The van der Waals surface area contributed by atoms with Gasteiger partial charge in [-0.25, -0.2) is 4.98 Å². The third-order valence-corrected chi connectivity index (χ3v) is 3.94. The zero-order valence-corrected chi connectivity index (χ0v) is 13.8. The molecule has 0 radical (unpaired) electrons. The van der Waals surface area contributed by atoms with Crippen LogP contribution in [0.1, 0.15) is 5.56 Å². The normalized spacial score (nSPS) is 10.8. The van der Waals surface area contributed by atoms with Crippen LogP contribution in [0.5, 0.6) is 11.6 Å². The van der Waals surface area contributed by atoms with Crippen LogP contribution in [0, 0.1) is 6.92 Å². The Labute approximate surface area is 145 Å². The quantitative estimate of drug-likeness (QED) is 0.539. The number of aromatic nitrogens is 2. The summed E-state index contributed by atoms with van der Waals surface area (Å²) in [4.78, 5) is 9.31. The van der Waals surface area contributed by atoms with Gasteiger partial charge >= 0.3 is 0 Å². The molecule has 0 amide bonds. The SMILES string of the molecule is Cc1cccc(Oc2nc(-c3ccc(N)cc3)nc3ccccc23)c1. The number of rotatable bonds is 3. The number of fused-ring (bicyclic) bond motifs is 1. The summed E-state index contributed by atoms with van der Waals surface area (Å²) >= 11 is 0. The largest absolute Gasteiger partial charge is 0.438 e. The van der Waals surface area contributed by atoms with Crippen molar-refractivity contribution in [3.63, 3.8) is 0 Å². The van der Waals surface area contributed by atoms with Gasteiger partial charge in [-0.2, -0.15) is 4.98 Å². The molecule has 0 aliphatic heterocycles. The third kappa shape index (κ3) is 3.15. The molecule has 0 saturated heterocycles. The first kappa shape index (κ1) is 15.1. The van der Waals surface area contributed by atoms with E-state index in [4.69, 9.17) is 10.5 Å². The number of hydrogen-bond acceptors (Lipinski definition) is 4. The Hall–Kier alpha value is -3.40. The Bertz CT molecular complexity index is 1040. The van der Waals surface area contributed by atoms with E-state index in [0.717, 1.165) is 27.8 Å². The van der Waals surface area contributed by atoms with Gasteiger partial charge in [0.15, 0.2) is 5.82 Å². The lowest BCUT2D eigenvalue weighted by Gasteiger charge is -2.10. The number of anilines is 1. The van der Waals surface area contributed by atoms with E-state index < -0.39 is 0 Å². The number of aryl methyl sites for hydroxylation is 1. The molecule has 2 N–H and O–H groups in total. The smallest absolute Gasteiger partial charge is 0.230 e. The minimum atomic E-state index is 0.544. The topological polar surface area (TPSA) is 61.0 Å². The van der Waals surface area contributed by atoms with Crippen LogP contribution in [0.3, 0.4) is 0 Å². The summed E-state index contributed by atoms with van der Waals surface area (Å²) in [6.07, 6.45) is 0. The van der Waals surface area contributed by atoms with Crippen LogP contribution in [-0.4, -0.2) is 9.97 Å². The molecule has 0 spiro atoms. The van der Waals surface area contributed by atoms with Gasteiger partial charge in [0.25, 0.3) is 0 Å². The Morgan fingerprint density at radius 1 is 0.840 bits per heavy atom. The molecule has 25 heavy (non-hydrogen) atoms. The van der Waals surface area contributed by atoms with Gasteiger partial charge in [0.1, 0.15) is 5.75 Å². The second kappa shape index (κ2) is 6.24. The van der Waals surface area contributed by atoms with E-state index in [1.165, 1.54) is 0 Å². The van der Waals surface area contributed by atoms with Crippen molar-refractivity contribution in [3.05, 3.63) is 78.4 Å². The van der Waals surface area contributed by atoms with Crippen LogP contribution < -0.4 is 10.5 Å². The fraction of sp³-hybridized carbons (Fsp3) is 0.0476. The predicted molar refractivity (Wildman–Crippen MR) is 101 cm³/mol. The van der Waals surface area contributed by atoms with Crippen molar-refractivity contribution >= 4 is 16.6 Å². The Morgan fingerprint density at radius 2 is 1.64 bits per heavy atom. The molecule has 122 valence electrons. The first-order valence-corrected chi connectivity index (χ1v) is 8.06. The molecular weight excluding hydrogens is 310 g/mol. The van der Waals surface area contributed by atoms with Gasteiger partial charge < -0.3 is 10.5 Å². The highest BCUT2D eigenvalue weighted by Gasteiger charge is 2.11. The van der Waals surface area contributed by atoms with E-state index in [1.54, 1.807) is 0 Å².